The molecule has 0 bridgehead atoms. The van der Waals surface area contributed by atoms with Crippen molar-refractivity contribution < 1.29 is 4.79 Å². The van der Waals surface area contributed by atoms with Crippen LogP contribution >= 0.6 is 0 Å². The molecule has 0 aromatic heterocycles. The molecule has 1 aliphatic heterocycles. The molecule has 17 heavy (non-hydrogen) atoms. The fourth-order valence-corrected chi connectivity index (χ4v) is 2.12. The van der Waals surface area contributed by atoms with Crippen molar-refractivity contribution in [3.8, 4) is 6.07 Å². The number of hydrogen-bond acceptors (Lipinski definition) is 3. The summed E-state index contributed by atoms with van der Waals surface area (Å²) in [6.07, 6.45) is 3.98. The highest BCUT2D eigenvalue weighted by Crippen LogP contribution is 2.09. The maximum absolute atomic E-state index is 11.9. The van der Waals surface area contributed by atoms with Crippen molar-refractivity contribution in [2.24, 2.45) is 0 Å². The van der Waals surface area contributed by atoms with Crippen LogP contribution < -0.4 is 0 Å². The number of carbonyl (C=O) groups excluding carboxylic acids is 1. The lowest BCUT2D eigenvalue weighted by atomic mass is 10.1. The van der Waals surface area contributed by atoms with Crippen LogP contribution in [0.3, 0.4) is 0 Å². The first-order valence-electron chi connectivity index (χ1n) is 6.60. The molecule has 0 N–H and O–H groups in total. The van der Waals surface area contributed by atoms with E-state index >= 15 is 0 Å². The predicted molar refractivity (Wildman–Crippen MR) is 67.4 cm³/mol. The lowest BCUT2D eigenvalue weighted by Crippen LogP contribution is -2.51. The molecule has 0 aromatic carbocycles. The van der Waals surface area contributed by atoms with Crippen LogP contribution in [-0.4, -0.2) is 47.9 Å². The molecule has 0 saturated carbocycles. The number of nitriles is 1. The van der Waals surface area contributed by atoms with Crippen LogP contribution in [0.5, 0.6) is 0 Å². The van der Waals surface area contributed by atoms with Gasteiger partial charge in [0.2, 0.25) is 5.91 Å². The van der Waals surface area contributed by atoms with Gasteiger partial charge in [0.05, 0.1) is 12.1 Å². The quantitative estimate of drug-likeness (QED) is 0.683. The molecular formula is C13H23N3O. The Morgan fingerprint density at radius 2 is 1.94 bits per heavy atom. The number of hydrogen-bond donors (Lipinski definition) is 0. The second-order valence-corrected chi connectivity index (χ2v) is 4.68. The molecule has 96 valence electrons. The SMILES string of the molecule is CCCCCC(=O)N1CCN(C(C)C#N)CC1. The van der Waals surface area contributed by atoms with Gasteiger partial charge in [-0.25, -0.2) is 0 Å². The Labute approximate surface area is 104 Å². The van der Waals surface area contributed by atoms with Crippen molar-refractivity contribution in [2.75, 3.05) is 26.2 Å². The predicted octanol–water partition coefficient (Wildman–Crippen LogP) is 1.62. The van der Waals surface area contributed by atoms with Gasteiger partial charge in [0.15, 0.2) is 0 Å². The summed E-state index contributed by atoms with van der Waals surface area (Å²) in [6.45, 7) is 7.27. The van der Waals surface area contributed by atoms with Gasteiger partial charge in [-0.3, -0.25) is 9.69 Å². The smallest absolute Gasteiger partial charge is 0.222 e. The number of carbonyl (C=O) groups is 1. The Morgan fingerprint density at radius 1 is 1.29 bits per heavy atom. The van der Waals surface area contributed by atoms with Crippen LogP contribution in [0.4, 0.5) is 0 Å². The maximum atomic E-state index is 11.9. The largest absolute Gasteiger partial charge is 0.340 e. The Balaban J connectivity index is 2.27. The normalized spacial score (nSPS) is 18.8. The second-order valence-electron chi connectivity index (χ2n) is 4.68. The summed E-state index contributed by atoms with van der Waals surface area (Å²) in [7, 11) is 0. The van der Waals surface area contributed by atoms with Crippen molar-refractivity contribution >= 4 is 5.91 Å². The van der Waals surface area contributed by atoms with Gasteiger partial charge < -0.3 is 4.90 Å². The minimum atomic E-state index is -0.0349. The van der Waals surface area contributed by atoms with E-state index in [0.717, 1.165) is 45.4 Å². The van der Waals surface area contributed by atoms with E-state index in [-0.39, 0.29) is 11.9 Å². The molecule has 1 fully saturated rings. The molecule has 0 spiro atoms. The minimum absolute atomic E-state index is 0.0349. The van der Waals surface area contributed by atoms with Crippen molar-refractivity contribution in [1.82, 2.24) is 9.80 Å². The van der Waals surface area contributed by atoms with Crippen LogP contribution in [0.15, 0.2) is 0 Å². The second kappa shape index (κ2) is 7.29. The average molecular weight is 237 g/mol. The van der Waals surface area contributed by atoms with E-state index in [2.05, 4.69) is 17.9 Å². The minimum Gasteiger partial charge on any atom is -0.340 e. The molecule has 1 unspecified atom stereocenters. The molecule has 1 amide bonds. The highest BCUT2D eigenvalue weighted by atomic mass is 16.2. The number of nitrogens with zero attached hydrogens (tertiary/aromatic N) is 3. The van der Waals surface area contributed by atoms with Gasteiger partial charge in [-0.15, -0.1) is 0 Å². The summed E-state index contributed by atoms with van der Waals surface area (Å²) in [5.41, 5.74) is 0. The van der Waals surface area contributed by atoms with Gasteiger partial charge in [-0.2, -0.15) is 5.26 Å². The zero-order chi connectivity index (χ0) is 12.7. The third kappa shape index (κ3) is 4.35. The van der Waals surface area contributed by atoms with E-state index in [0.29, 0.717) is 6.42 Å². The Bertz CT molecular complexity index is 277. The van der Waals surface area contributed by atoms with E-state index in [1.807, 2.05) is 11.8 Å². The maximum Gasteiger partial charge on any atom is 0.222 e. The van der Waals surface area contributed by atoms with Crippen LogP contribution in [0, 0.1) is 11.3 Å². The number of piperazine rings is 1. The first kappa shape index (κ1) is 14.0. The highest BCUT2D eigenvalue weighted by molar-refractivity contribution is 5.76. The molecule has 4 nitrogen and oxygen atoms in total. The Hall–Kier alpha value is -1.08. The summed E-state index contributed by atoms with van der Waals surface area (Å²) in [5.74, 6) is 0.280. The van der Waals surface area contributed by atoms with Gasteiger partial charge in [0.1, 0.15) is 0 Å². The third-order valence-electron chi connectivity index (χ3n) is 3.40. The molecule has 4 heteroatoms. The monoisotopic (exact) mass is 237 g/mol. The summed E-state index contributed by atoms with van der Waals surface area (Å²) < 4.78 is 0. The van der Waals surface area contributed by atoms with Crippen molar-refractivity contribution in [2.45, 2.75) is 45.6 Å². The fourth-order valence-electron chi connectivity index (χ4n) is 2.12. The third-order valence-corrected chi connectivity index (χ3v) is 3.40. The molecule has 1 saturated heterocycles. The van der Waals surface area contributed by atoms with Crippen molar-refractivity contribution in [1.29, 1.82) is 5.26 Å². The lowest BCUT2D eigenvalue weighted by Gasteiger charge is -2.35. The molecule has 1 atom stereocenters. The number of rotatable bonds is 5. The van der Waals surface area contributed by atoms with Crippen LogP contribution in [-0.2, 0) is 4.79 Å². The van der Waals surface area contributed by atoms with E-state index in [4.69, 9.17) is 5.26 Å². The van der Waals surface area contributed by atoms with E-state index in [1.165, 1.54) is 0 Å². The summed E-state index contributed by atoms with van der Waals surface area (Å²) in [5, 5.41) is 8.83. The van der Waals surface area contributed by atoms with Crippen LogP contribution in [0.25, 0.3) is 0 Å². The van der Waals surface area contributed by atoms with Crippen molar-refractivity contribution in [3.63, 3.8) is 0 Å². The van der Waals surface area contributed by atoms with E-state index < -0.39 is 0 Å². The molecule has 1 heterocycles. The van der Waals surface area contributed by atoms with Crippen LogP contribution in [0.1, 0.15) is 39.5 Å². The Morgan fingerprint density at radius 3 is 2.47 bits per heavy atom. The zero-order valence-corrected chi connectivity index (χ0v) is 11.0. The van der Waals surface area contributed by atoms with Crippen molar-refractivity contribution in [3.05, 3.63) is 0 Å². The molecule has 0 radical (unpaired) electrons. The summed E-state index contributed by atoms with van der Waals surface area (Å²) in [4.78, 5) is 15.9. The zero-order valence-electron chi connectivity index (χ0n) is 11.0. The molecule has 1 aliphatic rings. The number of amides is 1. The van der Waals surface area contributed by atoms with E-state index in [9.17, 15) is 4.79 Å². The van der Waals surface area contributed by atoms with Gasteiger partial charge in [-0.05, 0) is 13.3 Å². The van der Waals surface area contributed by atoms with Crippen LogP contribution in [0.2, 0.25) is 0 Å². The molecule has 1 rings (SSSR count). The summed E-state index contributed by atoms with van der Waals surface area (Å²) >= 11 is 0. The standard InChI is InChI=1S/C13H23N3O/c1-3-4-5-6-13(17)16-9-7-15(8-10-16)12(2)11-14/h12H,3-10H2,1-2H3. The first-order valence-corrected chi connectivity index (χ1v) is 6.60. The summed E-state index contributed by atoms with van der Waals surface area (Å²) in [6, 6.07) is 2.21. The molecule has 0 aromatic rings. The topological polar surface area (TPSA) is 47.3 Å². The lowest BCUT2D eigenvalue weighted by molar-refractivity contribution is -0.133. The average Bonchev–Trinajstić information content (AvgIpc) is 2.38. The van der Waals surface area contributed by atoms with Gasteiger partial charge in [0, 0.05) is 32.6 Å². The molecular weight excluding hydrogens is 214 g/mol. The van der Waals surface area contributed by atoms with Gasteiger partial charge in [0.25, 0.3) is 0 Å². The van der Waals surface area contributed by atoms with Gasteiger partial charge >= 0.3 is 0 Å². The fraction of sp³-hybridized carbons (Fsp3) is 0.846. The highest BCUT2D eigenvalue weighted by Gasteiger charge is 2.23. The van der Waals surface area contributed by atoms with E-state index in [1.54, 1.807) is 0 Å². The Kier molecular flexibility index (Phi) is 5.99. The van der Waals surface area contributed by atoms with Gasteiger partial charge in [-0.1, -0.05) is 19.8 Å². The molecule has 0 aliphatic carbocycles. The first-order chi connectivity index (χ1) is 8.19. The number of unbranched alkanes of at least 4 members (excludes halogenated alkanes) is 2.